The van der Waals surface area contributed by atoms with Crippen molar-refractivity contribution in [3.63, 3.8) is 0 Å². The van der Waals surface area contributed by atoms with Gasteiger partial charge in [0.1, 0.15) is 5.76 Å². The predicted octanol–water partition coefficient (Wildman–Crippen LogP) is 15.3. The Morgan fingerprint density at radius 3 is 1.85 bits per heavy atom. The van der Waals surface area contributed by atoms with Gasteiger partial charge in [0.2, 0.25) is 0 Å². The van der Waals surface area contributed by atoms with Crippen LogP contribution in [0.5, 0.6) is 0 Å². The van der Waals surface area contributed by atoms with E-state index in [0.29, 0.717) is 0 Å². The van der Waals surface area contributed by atoms with Crippen LogP contribution in [0.1, 0.15) is 60.3 Å². The SMILES string of the molecule is CC(C)c1cc(-c2ccccc2)cc(C(C)C)c1-n1c(-c2[c-]c3oc(-c4ccccc4)cc3c(-c3ccccc3)c2)nc2ccccc21.[2H]C([2H])([2H])c1ccc(-c2[c-]cccc2)nc1.[Ir]. The first-order chi connectivity index (χ1) is 31.0. The molecule has 307 valence electrons. The van der Waals surface area contributed by atoms with Crippen LogP contribution in [0.15, 0.2) is 187 Å². The molecule has 10 rings (SSSR count). The van der Waals surface area contributed by atoms with E-state index in [1.165, 1.54) is 34.1 Å². The largest absolute Gasteiger partial charge is 0.477 e. The van der Waals surface area contributed by atoms with E-state index in [1.807, 2.05) is 36.4 Å². The zero-order valence-corrected chi connectivity index (χ0v) is 37.5. The van der Waals surface area contributed by atoms with E-state index in [-0.39, 0.29) is 37.5 Å². The van der Waals surface area contributed by atoms with E-state index < -0.39 is 6.85 Å². The molecule has 0 aliphatic heterocycles. The van der Waals surface area contributed by atoms with Crippen LogP contribution in [0.3, 0.4) is 0 Å². The third-order valence-corrected chi connectivity index (χ3v) is 11.0. The molecule has 7 aromatic carbocycles. The predicted molar refractivity (Wildman–Crippen MR) is 253 cm³/mol. The molecular formula is C57H47IrN3O-2. The zero-order valence-electron chi connectivity index (χ0n) is 38.1. The van der Waals surface area contributed by atoms with Gasteiger partial charge in [-0.2, -0.15) is 0 Å². The van der Waals surface area contributed by atoms with Gasteiger partial charge in [-0.25, -0.2) is 0 Å². The van der Waals surface area contributed by atoms with Crippen LogP contribution in [-0.2, 0) is 20.1 Å². The van der Waals surface area contributed by atoms with Crippen molar-refractivity contribution in [1.82, 2.24) is 14.5 Å². The zero-order chi connectivity index (χ0) is 44.4. The molecule has 0 fully saturated rings. The Labute approximate surface area is 382 Å². The van der Waals surface area contributed by atoms with E-state index in [9.17, 15) is 0 Å². The quantitative estimate of drug-likeness (QED) is 0.143. The van der Waals surface area contributed by atoms with E-state index in [1.54, 1.807) is 18.2 Å². The summed E-state index contributed by atoms with van der Waals surface area (Å²) in [4.78, 5) is 9.46. The number of para-hydroxylation sites is 2. The number of furan rings is 1. The van der Waals surface area contributed by atoms with E-state index in [0.717, 1.165) is 67.1 Å². The smallest absolute Gasteiger partial charge is 0.123 e. The maximum Gasteiger partial charge on any atom is 0.123 e. The van der Waals surface area contributed by atoms with Gasteiger partial charge in [0, 0.05) is 41.7 Å². The average molecular weight is 985 g/mol. The van der Waals surface area contributed by atoms with Crippen molar-refractivity contribution in [3.05, 3.63) is 211 Å². The summed E-state index contributed by atoms with van der Waals surface area (Å²) in [6.07, 6.45) is 1.39. The first-order valence-corrected chi connectivity index (χ1v) is 20.8. The number of benzene rings is 7. The van der Waals surface area contributed by atoms with Crippen molar-refractivity contribution in [3.8, 4) is 61.9 Å². The maximum absolute atomic E-state index is 7.23. The Bertz CT molecular complexity index is 3150. The molecule has 0 atom stereocenters. The van der Waals surface area contributed by atoms with Gasteiger partial charge in [-0.15, -0.1) is 47.5 Å². The number of rotatable bonds is 8. The summed E-state index contributed by atoms with van der Waals surface area (Å²) in [6.45, 7) is 7.06. The summed E-state index contributed by atoms with van der Waals surface area (Å²) in [6, 6.07) is 66.6. The molecule has 3 heterocycles. The van der Waals surface area contributed by atoms with Gasteiger partial charge in [0.25, 0.3) is 0 Å². The van der Waals surface area contributed by atoms with Gasteiger partial charge in [-0.1, -0.05) is 160 Å². The minimum atomic E-state index is -2.09. The van der Waals surface area contributed by atoms with Crippen LogP contribution in [0.25, 0.3) is 83.9 Å². The summed E-state index contributed by atoms with van der Waals surface area (Å²) in [5.41, 5.74) is 15.0. The molecule has 0 unspecified atom stereocenters. The van der Waals surface area contributed by atoms with Crippen molar-refractivity contribution >= 4 is 22.0 Å². The van der Waals surface area contributed by atoms with Crippen molar-refractivity contribution in [2.75, 3.05) is 0 Å². The number of imidazole rings is 1. The van der Waals surface area contributed by atoms with Gasteiger partial charge >= 0.3 is 0 Å². The molecule has 0 aliphatic rings. The van der Waals surface area contributed by atoms with E-state index in [4.69, 9.17) is 13.5 Å². The Kier molecular flexibility index (Phi) is 11.4. The molecule has 3 aromatic heterocycles. The minimum absolute atomic E-state index is 0. The van der Waals surface area contributed by atoms with Crippen molar-refractivity contribution in [1.29, 1.82) is 0 Å². The molecule has 0 spiro atoms. The Morgan fingerprint density at radius 2 is 1.24 bits per heavy atom. The molecule has 0 bridgehead atoms. The molecule has 0 amide bonds. The summed E-state index contributed by atoms with van der Waals surface area (Å²) in [5, 5.41) is 1.03. The molecule has 1 radical (unpaired) electrons. The van der Waals surface area contributed by atoms with Gasteiger partial charge in [0.15, 0.2) is 0 Å². The first-order valence-electron chi connectivity index (χ1n) is 22.3. The van der Waals surface area contributed by atoms with Gasteiger partial charge in [-0.3, -0.25) is 4.98 Å². The molecule has 4 nitrogen and oxygen atoms in total. The van der Waals surface area contributed by atoms with Crippen molar-refractivity contribution < 1.29 is 28.6 Å². The van der Waals surface area contributed by atoms with Crippen molar-refractivity contribution in [2.24, 2.45) is 0 Å². The van der Waals surface area contributed by atoms with Crippen LogP contribution < -0.4 is 0 Å². The fourth-order valence-corrected chi connectivity index (χ4v) is 7.94. The summed E-state index contributed by atoms with van der Waals surface area (Å²) in [5.74, 6) is 2.23. The molecule has 0 saturated heterocycles. The standard InChI is InChI=1S/C45H37N2O.C12H10N.Ir/c1-29(2)36-24-34(31-16-8-5-9-17-31)25-37(30(3)4)44(36)47-41-23-15-14-22-40(41)46-45(47)35-26-38(32-18-10-6-11-19-32)39-28-42(48-43(39)27-35)33-20-12-7-13-21-33;1-10-7-8-12(13-9-10)11-5-3-2-4-6-11;/h5-26,28-30H,1-4H3;2-5,7-9H,1H3;/q2*-1;/i;1D3;. The molecule has 0 aliphatic carbocycles. The van der Waals surface area contributed by atoms with Crippen molar-refractivity contribution in [2.45, 2.75) is 46.4 Å². The third-order valence-electron chi connectivity index (χ3n) is 11.0. The number of aryl methyl sites for hydroxylation is 1. The van der Waals surface area contributed by atoms with Gasteiger partial charge in [0.05, 0.1) is 22.4 Å². The second-order valence-corrected chi connectivity index (χ2v) is 15.8. The first kappa shape index (κ1) is 38.3. The second-order valence-electron chi connectivity index (χ2n) is 15.8. The third kappa shape index (κ3) is 8.60. The topological polar surface area (TPSA) is 43.9 Å². The fourth-order valence-electron chi connectivity index (χ4n) is 7.94. The minimum Gasteiger partial charge on any atom is -0.477 e. The Morgan fingerprint density at radius 1 is 0.613 bits per heavy atom. The molecule has 62 heavy (non-hydrogen) atoms. The number of aromatic nitrogens is 3. The number of hydrogen-bond donors (Lipinski definition) is 0. The average Bonchev–Trinajstić information content (AvgIpc) is 3.94. The Balaban J connectivity index is 0.000000287. The molecule has 5 heteroatoms. The second kappa shape index (κ2) is 18.5. The molecule has 0 N–H and O–H groups in total. The van der Waals surface area contributed by atoms with Crippen LogP contribution in [0, 0.1) is 19.0 Å². The van der Waals surface area contributed by atoms with E-state index >= 15 is 0 Å². The molecular weight excluding hydrogens is 935 g/mol. The van der Waals surface area contributed by atoms with E-state index in [2.05, 4.69) is 171 Å². The number of pyridine rings is 1. The molecule has 0 saturated carbocycles. The number of fused-ring (bicyclic) bond motifs is 2. The van der Waals surface area contributed by atoms with Gasteiger partial charge < -0.3 is 14.0 Å². The summed E-state index contributed by atoms with van der Waals surface area (Å²) < 4.78 is 30.7. The molecule has 10 aromatic rings. The monoisotopic (exact) mass is 985 g/mol. The fraction of sp³-hybridized carbons (Fsp3) is 0.123. The van der Waals surface area contributed by atoms with Gasteiger partial charge in [-0.05, 0) is 88.1 Å². The summed E-state index contributed by atoms with van der Waals surface area (Å²) >= 11 is 0. The summed E-state index contributed by atoms with van der Waals surface area (Å²) in [7, 11) is 0. The normalized spacial score (nSPS) is 12.1. The Hall–Kier alpha value is -6.65. The van der Waals surface area contributed by atoms with Crippen LogP contribution in [0.4, 0.5) is 0 Å². The van der Waals surface area contributed by atoms with Crippen LogP contribution in [-0.4, -0.2) is 14.5 Å². The number of hydrogen-bond acceptors (Lipinski definition) is 3. The van der Waals surface area contributed by atoms with Crippen LogP contribution >= 0.6 is 0 Å². The maximum atomic E-state index is 7.23. The number of nitrogens with zero attached hydrogens (tertiary/aromatic N) is 3. The van der Waals surface area contributed by atoms with Crippen LogP contribution in [0.2, 0.25) is 0 Å².